The molecule has 32 heteroatoms. The van der Waals surface area contributed by atoms with Crippen LogP contribution in [-0.4, -0.2) is 158 Å². The normalized spacial score (nSPS) is 9.33. The number of isocyanates is 1. The van der Waals surface area contributed by atoms with Gasteiger partial charge >= 0.3 is 16.8 Å². The van der Waals surface area contributed by atoms with Crippen molar-refractivity contribution in [2.75, 3.05) is 84.3 Å². The average Bonchev–Trinajstić information content (AvgIpc) is 1.73. The van der Waals surface area contributed by atoms with E-state index in [0.717, 1.165) is 84.0 Å². The fourth-order valence-electron chi connectivity index (χ4n) is 10.6. The predicted molar refractivity (Wildman–Crippen MR) is 616 cm³/mol. The Hall–Kier alpha value is -13.1. The number of amides is 1. The number of methoxy groups -OCH3 is 8. The fraction of sp³-hybridized carbons (Fsp3) is 0.222. The number of aliphatic hydroxyl groups excluding tert-OH is 2. The number of oxime groups is 1. The maximum Gasteiger partial charge on any atom is 0.440 e. The van der Waals surface area contributed by atoms with Crippen LogP contribution in [0.3, 0.4) is 0 Å². The van der Waals surface area contributed by atoms with Crippen molar-refractivity contribution in [1.82, 2.24) is 15.2 Å². The molecule has 15 aromatic rings. The summed E-state index contributed by atoms with van der Waals surface area (Å²) in [7, 11) is 20.1. The number of nitrogens with one attached hydrogen (secondary N) is 2. The first-order valence-corrected chi connectivity index (χ1v) is 47.0. The van der Waals surface area contributed by atoms with Crippen LogP contribution in [0.25, 0.3) is 0 Å². The number of rotatable bonds is 24. The highest BCUT2D eigenvalue weighted by atomic mass is 127. The van der Waals surface area contributed by atoms with Crippen LogP contribution in [0.2, 0.25) is 6.82 Å². The molecule has 149 heavy (non-hydrogen) atoms. The second kappa shape index (κ2) is 117. The molecule has 1 aliphatic heterocycles. The van der Waals surface area contributed by atoms with E-state index in [1.807, 2.05) is 393 Å². The number of nitrogens with two attached hydrogens (primary N) is 1. The lowest BCUT2D eigenvalue weighted by Gasteiger charge is -1.97. The molecule has 0 aliphatic carbocycles. The second-order valence-corrected chi connectivity index (χ2v) is 29.0. The molecule has 1 aromatic heterocycles. The van der Waals surface area contributed by atoms with E-state index < -0.39 is 16.8 Å². The van der Waals surface area contributed by atoms with Gasteiger partial charge in [-0.15, -0.1) is 46.1 Å². The summed E-state index contributed by atoms with van der Waals surface area (Å²) in [4.78, 5) is 64.6. The van der Waals surface area contributed by atoms with Gasteiger partial charge in [0, 0.05) is 107 Å². The van der Waals surface area contributed by atoms with Gasteiger partial charge in [-0.25, -0.2) is 30.7 Å². The molecular weight excluding hydrogens is 2110 g/mol. The van der Waals surface area contributed by atoms with Gasteiger partial charge in [0.1, 0.15) is 12.6 Å². The molecule has 14 aromatic carbocycles. The van der Waals surface area contributed by atoms with E-state index in [9.17, 15) is 24.0 Å². The van der Waals surface area contributed by atoms with Crippen LogP contribution < -0.4 is 22.8 Å². The molecule has 1 aliphatic rings. The number of alkyl halides is 1. The van der Waals surface area contributed by atoms with Crippen molar-refractivity contribution in [3.8, 4) is 0 Å². The molecule has 0 unspecified atom stereocenters. The number of ether oxygens (including phenoxy) is 9. The number of H-pyrrole nitrogens is 1. The molecule has 2 heterocycles. The SMILES string of the molecule is BrCc1ccccc1.C1CCOC1.CO.CO.COCc1ccccc1.COCc1ccccc1.COCc1ccccc1.COCc1ccccc1.COCc1ccccc1.COCc1ccccc1.COCc1ccccc1.COCc1ccccc1.Cl.I.NO.O/N=C/c1ccccc1.O=C=NC(=O)Cl.O=Cc1ccccc1.O=Cc1ccccc1.O=c1[nH]c(=O)n(Cc2ccccc2)o1.ONCc1ccccc1.[B]C. The number of aldehydes is 2. The monoisotopic (exact) mass is 2260 g/mol. The van der Waals surface area contributed by atoms with Crippen molar-refractivity contribution < 1.29 is 92.2 Å². The van der Waals surface area contributed by atoms with Crippen molar-refractivity contribution in [1.29, 1.82) is 0 Å². The summed E-state index contributed by atoms with van der Waals surface area (Å²) in [6, 6.07) is 138. The van der Waals surface area contributed by atoms with E-state index in [-0.39, 0.29) is 42.9 Å². The molecule has 2 radical (unpaired) electrons. The Labute approximate surface area is 917 Å². The van der Waals surface area contributed by atoms with Crippen molar-refractivity contribution in [3.05, 3.63) is 524 Å². The number of nitrogens with zero attached hydrogens (tertiary/aromatic N) is 3. The van der Waals surface area contributed by atoms with Crippen molar-refractivity contribution in [2.45, 2.75) is 90.9 Å². The topological polar surface area (TPSA) is 383 Å². The summed E-state index contributed by atoms with van der Waals surface area (Å²) in [6.07, 6.45) is 6.57. The van der Waals surface area contributed by atoms with E-state index in [2.05, 4.69) is 73.6 Å². The quantitative estimate of drug-likeness (QED) is 0.00266. The molecule has 9 N–H and O–H groups in total. The summed E-state index contributed by atoms with van der Waals surface area (Å²) in [6.45, 7) is 9.95. The zero-order valence-corrected chi connectivity index (χ0v) is 92.1. The molecule has 1 amide bonds. The lowest BCUT2D eigenvalue weighted by atomic mass is 10.2. The first-order chi connectivity index (χ1) is 72.1. The molecule has 0 saturated carbocycles. The Balaban J connectivity index is -0.000000365. The summed E-state index contributed by atoms with van der Waals surface area (Å²) < 4.78 is 50.0. The zero-order chi connectivity index (χ0) is 109. The maximum absolute atomic E-state index is 11.1. The highest BCUT2D eigenvalue weighted by Gasteiger charge is 2.03. The molecule has 16 rings (SSSR count). The molecule has 0 bridgehead atoms. The number of benzene rings is 14. The Kier molecular flexibility index (Phi) is 115. The smallest absolute Gasteiger partial charge is 0.411 e. The Morgan fingerprint density at radius 3 is 0.732 bits per heavy atom. The van der Waals surface area contributed by atoms with Gasteiger partial charge < -0.3 is 73.0 Å². The number of aliphatic hydroxyl groups is 2. The van der Waals surface area contributed by atoms with Crippen LogP contribution in [-0.2, 0) is 119 Å². The van der Waals surface area contributed by atoms with Gasteiger partial charge in [-0.1, -0.05) is 453 Å². The van der Waals surface area contributed by atoms with Gasteiger partial charge in [0.25, 0.3) is 0 Å². The van der Waals surface area contributed by atoms with Crippen molar-refractivity contribution >= 4 is 102 Å². The van der Waals surface area contributed by atoms with Gasteiger partial charge in [-0.05, 0) is 91.2 Å². The van der Waals surface area contributed by atoms with Crippen LogP contribution in [0.1, 0.15) is 100 Å². The molecule has 1 saturated heterocycles. The first-order valence-electron chi connectivity index (χ1n) is 45.5. The Morgan fingerprint density at radius 1 is 0.389 bits per heavy atom. The van der Waals surface area contributed by atoms with Crippen molar-refractivity contribution in [2.24, 2.45) is 16.0 Å². The highest BCUT2D eigenvalue weighted by Crippen LogP contribution is 2.08. The van der Waals surface area contributed by atoms with Crippen LogP contribution in [0.5, 0.6) is 0 Å². The number of carbonyl (C=O) groups excluding carboxylic acids is 4. The number of carbonyl (C=O) groups is 3. The van der Waals surface area contributed by atoms with Crippen molar-refractivity contribution in [3.63, 3.8) is 0 Å². The van der Waals surface area contributed by atoms with E-state index in [4.69, 9.17) is 73.3 Å². The summed E-state index contributed by atoms with van der Waals surface area (Å²) >= 11 is 7.87. The van der Waals surface area contributed by atoms with Gasteiger partial charge in [-0.2, -0.15) is 0 Å². The van der Waals surface area contributed by atoms with Gasteiger partial charge in [0.05, 0.1) is 73.5 Å². The number of hydroxylamine groups is 1. The minimum absolute atomic E-state index is 0. The third kappa shape index (κ3) is 94.4. The standard InChI is InChI=1S/C9H8N2O3.8C8H10O.C7H7Br.C7H9NO.C7H7NO.2C7H6O.C4H8O.C2ClNO2.CH3B.2CH4O.ClH.HI.H3NO/c12-8-10-9(13)14-11(8)6-7-4-2-1-3-5-7;8*1-9-7-8-5-3-2-4-6-8;8-6-7-4-2-1-3-5-7;2*9-8-6-7-4-2-1-3-5-7;2*8-6-7-4-2-1-3-5-7;1-2-4-5-3-1;3-2(6)4-1-5;3*1-2;;;1-2/h1-5H,6H2,(H,10,12,13);8*2-6H,7H2,1H3;1-5H,6H2;1-5,8-9H,6H2;1-6,9H;2*1-6H;1-4H2;;1H3;2*2H,1H3;2*1H;2H,1H2/b;;;;;;;;;;;8-6+;;;;;;;;;;. The summed E-state index contributed by atoms with van der Waals surface area (Å²) in [5.74, 6) is 2.77. The minimum atomic E-state index is -1.04. The van der Waals surface area contributed by atoms with Gasteiger partial charge in [0.2, 0.25) is 6.08 Å². The van der Waals surface area contributed by atoms with Crippen LogP contribution in [0.4, 0.5) is 4.79 Å². The van der Waals surface area contributed by atoms with E-state index in [1.54, 1.807) is 81.1 Å². The summed E-state index contributed by atoms with van der Waals surface area (Å²) in [5, 5.41) is 39.7. The summed E-state index contributed by atoms with van der Waals surface area (Å²) in [5.41, 5.74) is 17.0. The predicted octanol–water partition coefficient (Wildman–Crippen LogP) is 24.4. The van der Waals surface area contributed by atoms with E-state index >= 15 is 0 Å². The van der Waals surface area contributed by atoms with E-state index in [1.165, 1.54) is 76.0 Å². The molecule has 0 atom stereocenters. The van der Waals surface area contributed by atoms with E-state index in [0.29, 0.717) is 59.4 Å². The number of hydrogen-bond acceptors (Lipinski definition) is 24. The Morgan fingerprint density at radius 2 is 0.591 bits per heavy atom. The van der Waals surface area contributed by atoms with Gasteiger partial charge in [0.15, 0.2) is 0 Å². The van der Waals surface area contributed by atoms with Gasteiger partial charge in [-0.3, -0.25) is 14.4 Å². The lowest BCUT2D eigenvalue weighted by molar-refractivity contribution is 0.111. The number of hydrogen-bond donors (Lipinski definition) is 8. The first kappa shape index (κ1) is 147. The molecule has 27 nitrogen and oxygen atoms in total. The number of aliphatic imine (C=N–C) groups is 1. The average molecular weight is 2260 g/mol. The molecule has 802 valence electrons. The third-order valence-corrected chi connectivity index (χ3v) is 17.7. The molecule has 1 fully saturated rings. The second-order valence-electron chi connectivity index (χ2n) is 28.1. The highest BCUT2D eigenvalue weighted by molar-refractivity contribution is 14.0. The van der Waals surface area contributed by atoms with Crippen LogP contribution >= 0.6 is 63.9 Å². The largest absolute Gasteiger partial charge is 0.440 e. The molecule has 0 spiro atoms. The van der Waals surface area contributed by atoms with Crippen LogP contribution in [0.15, 0.2) is 449 Å². The minimum Gasteiger partial charge on any atom is -0.411 e. The molecular formula is C117H147BBrCl2IN6O21. The maximum atomic E-state index is 11.1. The number of halogens is 4. The zero-order valence-electron chi connectivity index (χ0n) is 86.6. The number of aromatic amines is 1. The lowest BCUT2D eigenvalue weighted by Crippen LogP contribution is -2.17. The Bertz CT molecular complexity index is 4830. The number of aromatic nitrogens is 2. The van der Waals surface area contributed by atoms with Crippen LogP contribution in [0, 0.1) is 0 Å². The third-order valence-electron chi connectivity index (χ3n) is 17.0. The fourth-order valence-corrected chi connectivity index (χ4v) is 11.0.